The fourth-order valence-electron chi connectivity index (χ4n) is 2.84. The Labute approximate surface area is 143 Å². The molecule has 1 saturated heterocycles. The number of thiazole rings is 1. The Morgan fingerprint density at radius 3 is 2.70 bits per heavy atom. The third kappa shape index (κ3) is 5.44. The number of rotatable bonds is 8. The first-order valence-corrected chi connectivity index (χ1v) is 9.33. The number of hydrogen-bond acceptors (Lipinski definition) is 6. The number of anilines is 1. The van der Waals surface area contributed by atoms with Crippen molar-refractivity contribution in [1.82, 2.24) is 20.5 Å². The average Bonchev–Trinajstić information content (AvgIpc) is 3.04. The second-order valence-corrected chi connectivity index (χ2v) is 6.98. The lowest BCUT2D eigenvalue weighted by Gasteiger charge is -2.31. The van der Waals surface area contributed by atoms with Crippen LogP contribution in [0.4, 0.5) is 5.13 Å². The summed E-state index contributed by atoms with van der Waals surface area (Å²) in [5.41, 5.74) is 0. The maximum absolute atomic E-state index is 11.4. The number of aromatic nitrogens is 1. The van der Waals surface area contributed by atoms with Crippen LogP contribution in [0.2, 0.25) is 0 Å². The Hall–Kier alpha value is -1.18. The zero-order valence-electron chi connectivity index (χ0n) is 14.5. The van der Waals surface area contributed by atoms with Gasteiger partial charge in [-0.15, -0.1) is 11.3 Å². The number of hydrogen-bond donors (Lipinski definition) is 2. The average molecular weight is 340 g/mol. The van der Waals surface area contributed by atoms with Crippen LogP contribution in [0, 0.1) is 0 Å². The molecule has 0 aromatic carbocycles. The van der Waals surface area contributed by atoms with E-state index in [0.29, 0.717) is 12.6 Å². The van der Waals surface area contributed by atoms with Gasteiger partial charge >= 0.3 is 0 Å². The Bertz CT molecular complexity index is 481. The molecule has 1 aliphatic rings. The molecule has 6 nitrogen and oxygen atoms in total. The van der Waals surface area contributed by atoms with E-state index in [1.165, 1.54) is 4.88 Å². The number of nitrogens with zero attached hydrogens (tertiary/aromatic N) is 3. The maximum atomic E-state index is 11.4. The zero-order valence-corrected chi connectivity index (χ0v) is 15.3. The SMILES string of the molecule is CCN(CC)c1ncc(CNC2CCN(CC(=O)NC)CC2)s1. The Morgan fingerprint density at radius 1 is 1.39 bits per heavy atom. The molecule has 2 N–H and O–H groups in total. The van der Waals surface area contributed by atoms with Crippen molar-refractivity contribution in [2.24, 2.45) is 0 Å². The first kappa shape index (κ1) is 18.2. The molecule has 0 spiro atoms. The fourth-order valence-corrected chi connectivity index (χ4v) is 3.83. The molecule has 0 unspecified atom stereocenters. The summed E-state index contributed by atoms with van der Waals surface area (Å²) in [7, 11) is 1.69. The molecule has 1 aliphatic heterocycles. The van der Waals surface area contributed by atoms with Crippen molar-refractivity contribution in [2.45, 2.75) is 39.3 Å². The highest BCUT2D eigenvalue weighted by Gasteiger charge is 2.20. The predicted octanol–water partition coefficient (Wildman–Crippen LogP) is 1.29. The molecule has 1 aromatic heterocycles. The molecule has 1 aromatic rings. The van der Waals surface area contributed by atoms with E-state index in [2.05, 4.69) is 39.3 Å². The Balaban J connectivity index is 1.72. The zero-order chi connectivity index (χ0) is 16.7. The third-order valence-corrected chi connectivity index (χ3v) is 5.43. The standard InChI is InChI=1S/C16H29N5OS/c1-4-21(5-2)16-19-11-14(23-16)10-18-13-6-8-20(9-7-13)12-15(22)17-3/h11,13,18H,4-10,12H2,1-3H3,(H,17,22). The number of likely N-dealkylation sites (tertiary alicyclic amines) is 1. The van der Waals surface area contributed by atoms with Crippen molar-refractivity contribution in [3.05, 3.63) is 11.1 Å². The van der Waals surface area contributed by atoms with Crippen LogP contribution in [-0.2, 0) is 11.3 Å². The van der Waals surface area contributed by atoms with E-state index in [1.54, 1.807) is 18.4 Å². The lowest BCUT2D eigenvalue weighted by Crippen LogP contribution is -2.45. The molecule has 0 saturated carbocycles. The van der Waals surface area contributed by atoms with E-state index in [4.69, 9.17) is 0 Å². The third-order valence-electron chi connectivity index (χ3n) is 4.37. The molecule has 23 heavy (non-hydrogen) atoms. The number of carbonyl (C=O) groups excluding carboxylic acids is 1. The molecule has 0 radical (unpaired) electrons. The molecule has 2 heterocycles. The molecule has 0 atom stereocenters. The topological polar surface area (TPSA) is 60.5 Å². The van der Waals surface area contributed by atoms with Gasteiger partial charge in [-0.1, -0.05) is 0 Å². The van der Waals surface area contributed by atoms with Gasteiger partial charge in [-0.05, 0) is 26.7 Å². The van der Waals surface area contributed by atoms with Crippen LogP contribution in [-0.4, -0.2) is 61.6 Å². The number of amides is 1. The van der Waals surface area contributed by atoms with Gasteiger partial charge in [-0.3, -0.25) is 9.69 Å². The highest BCUT2D eigenvalue weighted by Crippen LogP contribution is 2.22. The van der Waals surface area contributed by atoms with Crippen LogP contribution in [0.5, 0.6) is 0 Å². The van der Waals surface area contributed by atoms with Gasteiger partial charge in [-0.25, -0.2) is 4.98 Å². The summed E-state index contributed by atoms with van der Waals surface area (Å²) in [6.45, 7) is 9.70. The van der Waals surface area contributed by atoms with Crippen molar-refractivity contribution >= 4 is 22.4 Å². The molecule has 130 valence electrons. The van der Waals surface area contributed by atoms with Crippen LogP contribution < -0.4 is 15.5 Å². The first-order chi connectivity index (χ1) is 11.2. The van der Waals surface area contributed by atoms with Crippen LogP contribution in [0.25, 0.3) is 0 Å². The smallest absolute Gasteiger partial charge is 0.233 e. The van der Waals surface area contributed by atoms with Gasteiger partial charge in [-0.2, -0.15) is 0 Å². The predicted molar refractivity (Wildman–Crippen MR) is 96.0 cm³/mol. The van der Waals surface area contributed by atoms with Gasteiger partial charge in [0.15, 0.2) is 5.13 Å². The van der Waals surface area contributed by atoms with Crippen molar-refractivity contribution in [3.63, 3.8) is 0 Å². The molecule has 0 aliphatic carbocycles. The molecule has 1 fully saturated rings. The minimum absolute atomic E-state index is 0.102. The second kappa shape index (κ2) is 9.20. The van der Waals surface area contributed by atoms with Gasteiger partial charge in [0.2, 0.25) is 5.91 Å². The van der Waals surface area contributed by atoms with Crippen molar-refractivity contribution < 1.29 is 4.79 Å². The molecular formula is C16H29N5OS. The maximum Gasteiger partial charge on any atom is 0.233 e. The van der Waals surface area contributed by atoms with Gasteiger partial charge in [0.1, 0.15) is 0 Å². The summed E-state index contributed by atoms with van der Waals surface area (Å²) in [4.78, 5) is 21.7. The molecular weight excluding hydrogens is 310 g/mol. The highest BCUT2D eigenvalue weighted by atomic mass is 32.1. The summed E-state index contributed by atoms with van der Waals surface area (Å²) in [6.07, 6.45) is 4.18. The molecule has 2 rings (SSSR count). The normalized spacial score (nSPS) is 16.5. The summed E-state index contributed by atoms with van der Waals surface area (Å²) in [6, 6.07) is 0.537. The Kier molecular flexibility index (Phi) is 7.26. The lowest BCUT2D eigenvalue weighted by atomic mass is 10.1. The highest BCUT2D eigenvalue weighted by molar-refractivity contribution is 7.15. The largest absolute Gasteiger partial charge is 0.358 e. The summed E-state index contributed by atoms with van der Waals surface area (Å²) in [5, 5.41) is 7.44. The van der Waals surface area contributed by atoms with Crippen LogP contribution in [0.15, 0.2) is 6.20 Å². The van der Waals surface area contributed by atoms with Crippen molar-refractivity contribution in [2.75, 3.05) is 44.7 Å². The van der Waals surface area contributed by atoms with Gasteiger partial charge in [0.25, 0.3) is 0 Å². The second-order valence-electron chi connectivity index (χ2n) is 5.89. The monoisotopic (exact) mass is 339 g/mol. The van der Waals surface area contributed by atoms with Gasteiger partial charge in [0.05, 0.1) is 6.54 Å². The van der Waals surface area contributed by atoms with E-state index in [1.807, 2.05) is 6.20 Å². The van der Waals surface area contributed by atoms with Crippen molar-refractivity contribution in [3.8, 4) is 0 Å². The van der Waals surface area contributed by atoms with E-state index in [0.717, 1.165) is 50.7 Å². The van der Waals surface area contributed by atoms with Gasteiger partial charge < -0.3 is 15.5 Å². The van der Waals surface area contributed by atoms with E-state index in [-0.39, 0.29) is 5.91 Å². The van der Waals surface area contributed by atoms with E-state index in [9.17, 15) is 4.79 Å². The van der Waals surface area contributed by atoms with Crippen LogP contribution in [0.3, 0.4) is 0 Å². The lowest BCUT2D eigenvalue weighted by molar-refractivity contribution is -0.122. The number of piperidine rings is 1. The van der Waals surface area contributed by atoms with Gasteiger partial charge in [0, 0.05) is 56.9 Å². The molecule has 0 bridgehead atoms. The minimum Gasteiger partial charge on any atom is -0.358 e. The number of carbonyl (C=O) groups is 1. The fraction of sp³-hybridized carbons (Fsp3) is 0.750. The van der Waals surface area contributed by atoms with Crippen LogP contribution in [0.1, 0.15) is 31.6 Å². The van der Waals surface area contributed by atoms with Crippen molar-refractivity contribution in [1.29, 1.82) is 0 Å². The number of nitrogens with one attached hydrogen (secondary N) is 2. The quantitative estimate of drug-likeness (QED) is 0.747. The summed E-state index contributed by atoms with van der Waals surface area (Å²) < 4.78 is 0. The summed E-state index contributed by atoms with van der Waals surface area (Å²) >= 11 is 1.78. The summed E-state index contributed by atoms with van der Waals surface area (Å²) in [5.74, 6) is 0.102. The minimum atomic E-state index is 0.102. The molecule has 1 amide bonds. The van der Waals surface area contributed by atoms with E-state index >= 15 is 0 Å². The van der Waals surface area contributed by atoms with E-state index < -0.39 is 0 Å². The Morgan fingerprint density at radius 2 is 2.09 bits per heavy atom. The first-order valence-electron chi connectivity index (χ1n) is 8.52. The number of likely N-dealkylation sites (N-methyl/N-ethyl adjacent to an activating group) is 1. The van der Waals surface area contributed by atoms with Crippen LogP contribution >= 0.6 is 11.3 Å². The molecule has 7 heteroatoms.